The minimum atomic E-state index is -0.433. The van der Waals surface area contributed by atoms with Crippen LogP contribution in [0.5, 0.6) is 0 Å². The molecule has 3 amide bonds. The summed E-state index contributed by atoms with van der Waals surface area (Å²) in [5.74, 6) is -1.26. The van der Waals surface area contributed by atoms with Gasteiger partial charge in [-0.3, -0.25) is 19.8 Å². The molecule has 1 heterocycles. The van der Waals surface area contributed by atoms with Crippen LogP contribution in [-0.4, -0.2) is 22.7 Å². The Hall–Kier alpha value is -2.43. The fourth-order valence-corrected chi connectivity index (χ4v) is 3.77. The Morgan fingerprint density at radius 1 is 1.00 bits per heavy atom. The molecule has 2 bridgehead atoms. The summed E-state index contributed by atoms with van der Waals surface area (Å²) in [6.45, 7) is 0. The van der Waals surface area contributed by atoms with Crippen molar-refractivity contribution in [2.45, 2.75) is 6.42 Å². The summed E-state index contributed by atoms with van der Waals surface area (Å²) in [5, 5.41) is 0.927. The van der Waals surface area contributed by atoms with Gasteiger partial charge in [0.15, 0.2) is 0 Å². The van der Waals surface area contributed by atoms with Crippen LogP contribution in [0.4, 0.5) is 0 Å². The highest BCUT2D eigenvalue weighted by Crippen LogP contribution is 2.52. The van der Waals surface area contributed by atoms with Crippen LogP contribution in [0.25, 0.3) is 0 Å². The number of hydrazine groups is 1. The van der Waals surface area contributed by atoms with E-state index in [0.29, 0.717) is 5.56 Å². The molecule has 1 aromatic rings. The summed E-state index contributed by atoms with van der Waals surface area (Å²) in [5.41, 5.74) is 2.89. The standard InChI is InChI=1S/C16H14N2O3/c19-14(9-4-2-1-3-5-9)17-18-15(20)12-10-6-7-11(8-10)13(12)16(18)21/h1-7,10-13H,8H2,(H,17,19)/t10-,11-,12-,13+/m0/s1. The number of allylic oxidation sites excluding steroid dienone is 2. The van der Waals surface area contributed by atoms with E-state index in [4.69, 9.17) is 0 Å². The van der Waals surface area contributed by atoms with Crippen LogP contribution >= 0.6 is 0 Å². The maximum absolute atomic E-state index is 12.4. The molecule has 1 aliphatic heterocycles. The smallest absolute Gasteiger partial charge is 0.270 e. The van der Waals surface area contributed by atoms with E-state index in [1.807, 2.05) is 12.2 Å². The van der Waals surface area contributed by atoms with E-state index >= 15 is 0 Å². The van der Waals surface area contributed by atoms with Crippen molar-refractivity contribution in [3.63, 3.8) is 0 Å². The molecule has 21 heavy (non-hydrogen) atoms. The molecular weight excluding hydrogens is 268 g/mol. The quantitative estimate of drug-likeness (QED) is 0.653. The van der Waals surface area contributed by atoms with Crippen molar-refractivity contribution in [2.75, 3.05) is 0 Å². The number of nitrogens with one attached hydrogen (secondary N) is 1. The first-order valence-electron chi connectivity index (χ1n) is 7.09. The van der Waals surface area contributed by atoms with E-state index in [2.05, 4.69) is 5.43 Å². The predicted molar refractivity (Wildman–Crippen MR) is 73.5 cm³/mol. The zero-order valence-corrected chi connectivity index (χ0v) is 11.2. The van der Waals surface area contributed by atoms with Crippen LogP contribution in [0.2, 0.25) is 0 Å². The molecule has 0 aromatic heterocycles. The third-order valence-corrected chi connectivity index (χ3v) is 4.72. The monoisotopic (exact) mass is 282 g/mol. The minimum absolute atomic E-state index is 0.148. The van der Waals surface area contributed by atoms with Crippen molar-refractivity contribution < 1.29 is 14.4 Å². The Labute approximate surface area is 121 Å². The number of amides is 3. The van der Waals surface area contributed by atoms with Gasteiger partial charge in [-0.2, -0.15) is 5.01 Å². The van der Waals surface area contributed by atoms with Crippen LogP contribution in [0, 0.1) is 23.7 Å². The Morgan fingerprint density at radius 3 is 2.14 bits per heavy atom. The molecule has 4 rings (SSSR count). The minimum Gasteiger partial charge on any atom is -0.272 e. The Kier molecular flexibility index (Phi) is 2.51. The summed E-state index contributed by atoms with van der Waals surface area (Å²) in [6, 6.07) is 8.57. The van der Waals surface area contributed by atoms with E-state index in [1.54, 1.807) is 30.3 Å². The average Bonchev–Trinajstić information content (AvgIpc) is 3.18. The summed E-state index contributed by atoms with van der Waals surface area (Å²) < 4.78 is 0. The first kappa shape index (κ1) is 12.3. The number of imide groups is 1. The first-order chi connectivity index (χ1) is 10.2. The molecule has 3 aliphatic rings. The SMILES string of the molecule is O=C(NN1C(=O)[C@@H]2[C@H](C1=O)[C@H]1C=C[C@H]2C1)c1ccccc1. The molecule has 5 nitrogen and oxygen atoms in total. The molecule has 1 saturated carbocycles. The lowest BCUT2D eigenvalue weighted by molar-refractivity contribution is -0.143. The second-order valence-corrected chi connectivity index (χ2v) is 5.82. The number of hydrogen-bond donors (Lipinski definition) is 1. The summed E-state index contributed by atoms with van der Waals surface area (Å²) >= 11 is 0. The van der Waals surface area contributed by atoms with E-state index in [1.165, 1.54) is 0 Å². The lowest BCUT2D eigenvalue weighted by Gasteiger charge is -2.17. The van der Waals surface area contributed by atoms with Gasteiger partial charge in [0.2, 0.25) is 0 Å². The topological polar surface area (TPSA) is 66.5 Å². The number of benzene rings is 1. The average molecular weight is 282 g/mol. The van der Waals surface area contributed by atoms with Crippen LogP contribution in [-0.2, 0) is 9.59 Å². The molecule has 2 aliphatic carbocycles. The molecule has 1 saturated heterocycles. The molecule has 4 atom stereocenters. The van der Waals surface area contributed by atoms with Gasteiger partial charge in [-0.1, -0.05) is 30.4 Å². The van der Waals surface area contributed by atoms with Crippen molar-refractivity contribution in [3.05, 3.63) is 48.0 Å². The predicted octanol–water partition coefficient (Wildman–Crippen LogP) is 1.14. The van der Waals surface area contributed by atoms with Gasteiger partial charge in [0.25, 0.3) is 17.7 Å². The van der Waals surface area contributed by atoms with Crippen molar-refractivity contribution in [3.8, 4) is 0 Å². The van der Waals surface area contributed by atoms with Gasteiger partial charge in [0, 0.05) is 5.56 Å². The van der Waals surface area contributed by atoms with Crippen molar-refractivity contribution in [1.82, 2.24) is 10.4 Å². The molecular formula is C16H14N2O3. The lowest BCUT2D eigenvalue weighted by atomic mass is 9.85. The highest BCUT2D eigenvalue weighted by molar-refractivity contribution is 6.08. The van der Waals surface area contributed by atoms with Gasteiger partial charge < -0.3 is 0 Å². The van der Waals surface area contributed by atoms with Gasteiger partial charge in [0.1, 0.15) is 0 Å². The zero-order valence-electron chi connectivity index (χ0n) is 11.2. The number of rotatable bonds is 2. The molecule has 0 radical (unpaired) electrons. The van der Waals surface area contributed by atoms with Crippen molar-refractivity contribution in [2.24, 2.45) is 23.7 Å². The molecule has 5 heteroatoms. The van der Waals surface area contributed by atoms with Crippen LogP contribution in [0.15, 0.2) is 42.5 Å². The number of hydrogen-bond acceptors (Lipinski definition) is 3. The highest BCUT2D eigenvalue weighted by Gasteiger charge is 2.59. The molecule has 1 aromatic carbocycles. The third-order valence-electron chi connectivity index (χ3n) is 4.72. The molecule has 0 unspecified atom stereocenters. The van der Waals surface area contributed by atoms with Crippen molar-refractivity contribution >= 4 is 17.7 Å². The maximum atomic E-state index is 12.4. The fraction of sp³-hybridized carbons (Fsp3) is 0.312. The number of carbonyl (C=O) groups excluding carboxylic acids is 3. The molecule has 0 spiro atoms. The maximum Gasteiger partial charge on any atom is 0.270 e. The Morgan fingerprint density at radius 2 is 1.57 bits per heavy atom. The first-order valence-corrected chi connectivity index (χ1v) is 7.09. The van der Waals surface area contributed by atoms with Gasteiger partial charge in [0.05, 0.1) is 11.8 Å². The second-order valence-electron chi connectivity index (χ2n) is 5.82. The van der Waals surface area contributed by atoms with Gasteiger partial charge in [-0.05, 0) is 30.4 Å². The number of nitrogens with zero attached hydrogens (tertiary/aromatic N) is 1. The van der Waals surface area contributed by atoms with Crippen LogP contribution < -0.4 is 5.43 Å². The largest absolute Gasteiger partial charge is 0.272 e. The van der Waals surface area contributed by atoms with E-state index in [0.717, 1.165) is 11.4 Å². The van der Waals surface area contributed by atoms with Crippen LogP contribution in [0.3, 0.4) is 0 Å². The Balaban J connectivity index is 1.56. The van der Waals surface area contributed by atoms with E-state index in [9.17, 15) is 14.4 Å². The van der Waals surface area contributed by atoms with Gasteiger partial charge in [-0.15, -0.1) is 0 Å². The summed E-state index contributed by atoms with van der Waals surface area (Å²) in [7, 11) is 0. The van der Waals surface area contributed by atoms with Crippen molar-refractivity contribution in [1.29, 1.82) is 0 Å². The third kappa shape index (κ3) is 1.67. The summed E-state index contributed by atoms with van der Waals surface area (Å²) in [6.07, 6.45) is 4.94. The number of carbonyl (C=O) groups is 3. The Bertz CT molecular complexity index is 637. The summed E-state index contributed by atoms with van der Waals surface area (Å²) in [4.78, 5) is 36.9. The normalized spacial score (nSPS) is 32.7. The fourth-order valence-electron chi connectivity index (χ4n) is 3.77. The van der Waals surface area contributed by atoms with Gasteiger partial charge >= 0.3 is 0 Å². The van der Waals surface area contributed by atoms with Crippen LogP contribution in [0.1, 0.15) is 16.8 Å². The number of fused-ring (bicyclic) bond motifs is 5. The van der Waals surface area contributed by atoms with E-state index < -0.39 is 5.91 Å². The highest BCUT2D eigenvalue weighted by atomic mass is 16.2. The van der Waals surface area contributed by atoms with E-state index in [-0.39, 0.29) is 35.5 Å². The zero-order chi connectivity index (χ0) is 14.6. The molecule has 106 valence electrons. The molecule has 1 N–H and O–H groups in total. The van der Waals surface area contributed by atoms with Gasteiger partial charge in [-0.25, -0.2) is 0 Å². The lowest BCUT2D eigenvalue weighted by Crippen LogP contribution is -2.47. The molecule has 2 fully saturated rings. The second kappa shape index (κ2) is 4.28.